The van der Waals surface area contributed by atoms with E-state index in [1.165, 1.54) is 13.1 Å². The third kappa shape index (κ3) is 3.20. The van der Waals surface area contributed by atoms with Crippen molar-refractivity contribution in [2.75, 3.05) is 13.1 Å². The standard InChI is InChI=1S/C4H10N.CH3.Ga.H/c1-3-5-4-2;;;/h3-4H2,1-2H3;1H3;;/q-1;;+1;. The van der Waals surface area contributed by atoms with E-state index in [1.54, 1.807) is 0 Å². The summed E-state index contributed by atoms with van der Waals surface area (Å²) in [5, 5.41) is 0. The van der Waals surface area contributed by atoms with Crippen molar-refractivity contribution in [2.24, 2.45) is 0 Å². The van der Waals surface area contributed by atoms with Crippen molar-refractivity contribution in [3.05, 3.63) is 0 Å². The maximum absolute atomic E-state index is 2.56. The van der Waals surface area contributed by atoms with Gasteiger partial charge in [-0.3, -0.25) is 0 Å². The Kier molecular flexibility index (Phi) is 5.15. The number of rotatable bonds is 3. The van der Waals surface area contributed by atoms with E-state index in [2.05, 4.69) is 22.9 Å². The molecule has 0 N–H and O–H groups in total. The van der Waals surface area contributed by atoms with Gasteiger partial charge in [0.2, 0.25) is 0 Å². The van der Waals surface area contributed by atoms with Gasteiger partial charge in [0.05, 0.1) is 0 Å². The van der Waals surface area contributed by atoms with Crippen LogP contribution in [0.2, 0.25) is 5.48 Å². The monoisotopic (exact) mass is 157 g/mol. The van der Waals surface area contributed by atoms with Crippen LogP contribution in [0.4, 0.5) is 0 Å². The first-order valence-electron chi connectivity index (χ1n) is 3.07. The van der Waals surface area contributed by atoms with Crippen molar-refractivity contribution in [1.82, 2.24) is 3.61 Å². The molecule has 0 spiro atoms. The fourth-order valence-corrected chi connectivity index (χ4v) is 2.55. The van der Waals surface area contributed by atoms with Gasteiger partial charge in [-0.25, -0.2) is 0 Å². The second-order valence-corrected chi connectivity index (χ2v) is 4.82. The summed E-state index contributed by atoms with van der Waals surface area (Å²) in [6.45, 7) is 7.01. The van der Waals surface area contributed by atoms with Gasteiger partial charge >= 0.3 is 53.7 Å². The Morgan fingerprint density at radius 2 is 1.71 bits per heavy atom. The van der Waals surface area contributed by atoms with Gasteiger partial charge in [0.25, 0.3) is 0 Å². The first kappa shape index (κ1) is 7.60. The number of nitrogens with zero attached hydrogens (tertiary/aromatic N) is 1. The van der Waals surface area contributed by atoms with Crippen molar-refractivity contribution in [2.45, 2.75) is 19.3 Å². The summed E-state index contributed by atoms with van der Waals surface area (Å²) >= 11 is -0.198. The fourth-order valence-electron chi connectivity index (χ4n) is 0.671. The van der Waals surface area contributed by atoms with Crippen molar-refractivity contribution in [3.63, 3.8) is 0 Å². The molecular formula is C5H14GaN. The van der Waals surface area contributed by atoms with Crippen molar-refractivity contribution < 1.29 is 0 Å². The molecule has 0 fully saturated rings. The third-order valence-corrected chi connectivity index (χ3v) is 5.09. The molecule has 0 atom stereocenters. The summed E-state index contributed by atoms with van der Waals surface area (Å²) in [5.41, 5.74) is 2.38. The molecule has 0 saturated carbocycles. The normalized spacial score (nSPS) is 9.71. The first-order valence-corrected chi connectivity index (χ1v) is 7.36. The molecule has 0 bridgehead atoms. The number of hydrogen-bond acceptors (Lipinski definition) is 1. The number of hydrogen-bond donors (Lipinski definition) is 0. The molecule has 0 rings (SSSR count). The van der Waals surface area contributed by atoms with Gasteiger partial charge in [-0.15, -0.1) is 0 Å². The molecule has 0 unspecified atom stereocenters. The molecule has 7 heavy (non-hydrogen) atoms. The average Bonchev–Trinajstić information content (AvgIpc) is 1.72. The predicted molar refractivity (Wildman–Crippen MR) is 35.9 cm³/mol. The third-order valence-electron chi connectivity index (χ3n) is 1.34. The molecule has 42 valence electrons. The van der Waals surface area contributed by atoms with Gasteiger partial charge < -0.3 is 0 Å². The summed E-state index contributed by atoms with van der Waals surface area (Å²) in [5.74, 6) is 0. The van der Waals surface area contributed by atoms with Crippen LogP contribution in [-0.4, -0.2) is 34.3 Å². The molecule has 0 heterocycles. The van der Waals surface area contributed by atoms with Gasteiger partial charge in [-0.05, 0) is 0 Å². The van der Waals surface area contributed by atoms with Crippen LogP contribution in [0, 0.1) is 0 Å². The molecule has 0 radical (unpaired) electrons. The van der Waals surface area contributed by atoms with Crippen LogP contribution < -0.4 is 0 Å². The molecule has 0 aromatic heterocycles. The molecule has 0 aromatic carbocycles. The molecule has 0 aromatic rings. The van der Waals surface area contributed by atoms with Crippen LogP contribution in [0.1, 0.15) is 13.8 Å². The second-order valence-electron chi connectivity index (χ2n) is 1.62. The van der Waals surface area contributed by atoms with Gasteiger partial charge in [-0.1, -0.05) is 0 Å². The van der Waals surface area contributed by atoms with E-state index in [-0.39, 0.29) is 17.6 Å². The summed E-state index contributed by atoms with van der Waals surface area (Å²) in [4.78, 5) is 0. The quantitative estimate of drug-likeness (QED) is 0.547. The minimum atomic E-state index is -0.198. The Morgan fingerprint density at radius 1 is 1.29 bits per heavy atom. The SMILES string of the molecule is CC[N](CC)[GaH][CH3]. The van der Waals surface area contributed by atoms with E-state index in [0.717, 1.165) is 0 Å². The Labute approximate surface area is 54.1 Å². The summed E-state index contributed by atoms with van der Waals surface area (Å²) in [6.07, 6.45) is 0. The van der Waals surface area contributed by atoms with Crippen LogP contribution in [0.15, 0.2) is 0 Å². The fraction of sp³-hybridized carbons (Fsp3) is 1.00. The predicted octanol–water partition coefficient (Wildman–Crippen LogP) is 0.728. The van der Waals surface area contributed by atoms with E-state index < -0.39 is 0 Å². The van der Waals surface area contributed by atoms with Gasteiger partial charge in [-0.2, -0.15) is 0 Å². The van der Waals surface area contributed by atoms with Crippen LogP contribution >= 0.6 is 0 Å². The summed E-state index contributed by atoms with van der Waals surface area (Å²) < 4.78 is 2.56. The van der Waals surface area contributed by atoms with Crippen molar-refractivity contribution >= 4 is 17.6 Å². The van der Waals surface area contributed by atoms with E-state index in [4.69, 9.17) is 0 Å². The van der Waals surface area contributed by atoms with Gasteiger partial charge in [0.15, 0.2) is 0 Å². The van der Waals surface area contributed by atoms with Crippen LogP contribution in [-0.2, 0) is 0 Å². The van der Waals surface area contributed by atoms with E-state index in [1.807, 2.05) is 0 Å². The van der Waals surface area contributed by atoms with Gasteiger partial charge in [0.1, 0.15) is 0 Å². The Hall–Kier alpha value is 0.596. The van der Waals surface area contributed by atoms with E-state index >= 15 is 0 Å². The van der Waals surface area contributed by atoms with Gasteiger partial charge in [0, 0.05) is 0 Å². The van der Waals surface area contributed by atoms with E-state index in [9.17, 15) is 0 Å². The molecule has 0 aliphatic heterocycles. The topological polar surface area (TPSA) is 3.24 Å². The molecular weight excluding hydrogens is 144 g/mol. The van der Waals surface area contributed by atoms with Crippen molar-refractivity contribution in [3.8, 4) is 0 Å². The van der Waals surface area contributed by atoms with Crippen LogP contribution in [0.25, 0.3) is 0 Å². The average molecular weight is 158 g/mol. The first-order chi connectivity index (χ1) is 3.35. The van der Waals surface area contributed by atoms with Crippen LogP contribution in [0.5, 0.6) is 0 Å². The zero-order valence-electron chi connectivity index (χ0n) is 5.57. The molecule has 0 saturated heterocycles. The zero-order chi connectivity index (χ0) is 5.70. The van der Waals surface area contributed by atoms with Crippen molar-refractivity contribution in [1.29, 1.82) is 0 Å². The molecule has 0 aliphatic carbocycles. The Morgan fingerprint density at radius 3 is 1.71 bits per heavy atom. The Bertz CT molecular complexity index is 29.6. The minimum absolute atomic E-state index is 0.198. The maximum atomic E-state index is 2.56. The molecule has 1 nitrogen and oxygen atoms in total. The Balaban J connectivity index is 2.99. The molecule has 0 aliphatic rings. The van der Waals surface area contributed by atoms with Crippen LogP contribution in [0.3, 0.4) is 0 Å². The molecule has 0 amide bonds. The second kappa shape index (κ2) is 4.75. The van der Waals surface area contributed by atoms with E-state index in [0.29, 0.717) is 0 Å². The summed E-state index contributed by atoms with van der Waals surface area (Å²) in [7, 11) is 0. The zero-order valence-corrected chi connectivity index (χ0v) is 8.54. The summed E-state index contributed by atoms with van der Waals surface area (Å²) in [6, 6.07) is 0. The molecule has 2 heteroatoms.